The van der Waals surface area contributed by atoms with Crippen molar-refractivity contribution < 1.29 is 24.2 Å². The maximum absolute atomic E-state index is 13.5. The molecule has 9 heteroatoms. The van der Waals surface area contributed by atoms with Crippen molar-refractivity contribution in [2.24, 2.45) is 5.92 Å². The number of nitrogens with zero attached hydrogens (tertiary/aromatic N) is 2. The molecule has 0 unspecified atom stereocenters. The van der Waals surface area contributed by atoms with Gasteiger partial charge in [0.1, 0.15) is 11.9 Å². The molecule has 0 fully saturated rings. The highest BCUT2D eigenvalue weighted by atomic mass is 16.5. The zero-order valence-corrected chi connectivity index (χ0v) is 25.9. The smallest absolute Gasteiger partial charge is 0.321 e. The largest absolute Gasteiger partial charge is 0.488 e. The van der Waals surface area contributed by atoms with E-state index in [-0.39, 0.29) is 49.8 Å². The number of anilines is 2. The third kappa shape index (κ3) is 7.80. The molecule has 4 aromatic carbocycles. The first kappa shape index (κ1) is 31.5. The summed E-state index contributed by atoms with van der Waals surface area (Å²) in [6.45, 7) is 4.21. The molecule has 234 valence electrons. The van der Waals surface area contributed by atoms with Gasteiger partial charge in [0.25, 0.3) is 0 Å². The Morgan fingerprint density at radius 2 is 1.73 bits per heavy atom. The second-order valence-corrected chi connectivity index (χ2v) is 11.8. The van der Waals surface area contributed by atoms with Crippen LogP contribution in [0.4, 0.5) is 16.2 Å². The van der Waals surface area contributed by atoms with Crippen LogP contribution in [0, 0.1) is 5.92 Å². The summed E-state index contributed by atoms with van der Waals surface area (Å²) in [5, 5.41) is 17.9. The molecule has 1 aliphatic rings. The average Bonchev–Trinajstić information content (AvgIpc) is 3.08. The Labute approximate surface area is 263 Å². The van der Waals surface area contributed by atoms with E-state index in [0.29, 0.717) is 29.2 Å². The second-order valence-electron chi connectivity index (χ2n) is 11.8. The number of amides is 4. The normalized spacial score (nSPS) is 17.2. The Morgan fingerprint density at radius 1 is 1.00 bits per heavy atom. The van der Waals surface area contributed by atoms with Crippen LogP contribution in [0.1, 0.15) is 25.0 Å². The van der Waals surface area contributed by atoms with E-state index < -0.39 is 12.1 Å². The van der Waals surface area contributed by atoms with Gasteiger partial charge >= 0.3 is 6.03 Å². The molecular weight excluding hydrogens is 568 g/mol. The predicted molar refractivity (Wildman–Crippen MR) is 176 cm³/mol. The van der Waals surface area contributed by atoms with Gasteiger partial charge in [-0.2, -0.15) is 0 Å². The van der Waals surface area contributed by atoms with Gasteiger partial charge in [-0.1, -0.05) is 73.7 Å². The molecule has 0 saturated carbocycles. The number of carbonyl (C=O) groups is 3. The van der Waals surface area contributed by atoms with Crippen LogP contribution < -0.4 is 15.4 Å². The molecule has 5 rings (SSSR count). The van der Waals surface area contributed by atoms with Gasteiger partial charge in [0, 0.05) is 36.1 Å². The van der Waals surface area contributed by atoms with Gasteiger partial charge in [-0.25, -0.2) is 4.79 Å². The minimum atomic E-state index is -0.468. The fourth-order valence-corrected chi connectivity index (χ4v) is 5.61. The molecule has 4 amide bonds. The van der Waals surface area contributed by atoms with Crippen molar-refractivity contribution in [3.63, 3.8) is 0 Å². The van der Waals surface area contributed by atoms with Crippen LogP contribution in [-0.4, -0.2) is 71.6 Å². The fourth-order valence-electron chi connectivity index (χ4n) is 5.61. The number of carbonyl (C=O) groups excluding carboxylic acids is 3. The molecular formula is C36H40N4O5. The number of fused-ring (bicyclic) bond motifs is 2. The standard InChI is InChI=1S/C36H40N4O5/c1-24-21-40(25(2)23-41)35(43)20-28-19-29(37-34(42)18-26-10-5-4-6-11-26)16-17-32(28)45-33(24)22-39(3)36(44)38-31-15-9-13-27-12-7-8-14-30(27)31/h4-17,19,24-25,33,41H,18,20-23H2,1-3H3,(H,37,42)(H,38,44)/t24-,25+,33-/m0/s1. The Morgan fingerprint density at radius 3 is 2.51 bits per heavy atom. The molecule has 3 atom stereocenters. The van der Waals surface area contributed by atoms with E-state index in [2.05, 4.69) is 10.6 Å². The van der Waals surface area contributed by atoms with Gasteiger partial charge in [0.05, 0.1) is 37.7 Å². The van der Waals surface area contributed by atoms with Gasteiger partial charge in [-0.3, -0.25) is 9.59 Å². The van der Waals surface area contributed by atoms with E-state index >= 15 is 0 Å². The molecule has 9 nitrogen and oxygen atoms in total. The van der Waals surface area contributed by atoms with Gasteiger partial charge in [0.15, 0.2) is 0 Å². The Balaban J connectivity index is 1.36. The zero-order valence-electron chi connectivity index (χ0n) is 25.9. The Hall–Kier alpha value is -4.89. The first-order valence-electron chi connectivity index (χ1n) is 15.3. The Bertz CT molecular complexity index is 1650. The monoisotopic (exact) mass is 608 g/mol. The second kappa shape index (κ2) is 14.3. The van der Waals surface area contributed by atoms with E-state index in [1.54, 1.807) is 35.0 Å². The molecule has 0 aromatic heterocycles. The third-order valence-corrected chi connectivity index (χ3v) is 8.24. The summed E-state index contributed by atoms with van der Waals surface area (Å²) in [5.74, 6) is 0.0237. The maximum atomic E-state index is 13.5. The zero-order chi connectivity index (χ0) is 31.9. The molecule has 0 aliphatic carbocycles. The number of ether oxygens (including phenoxy) is 1. The first-order chi connectivity index (χ1) is 21.7. The highest BCUT2D eigenvalue weighted by Crippen LogP contribution is 2.30. The van der Waals surface area contributed by atoms with Crippen molar-refractivity contribution in [2.45, 2.75) is 38.8 Å². The quantitative estimate of drug-likeness (QED) is 0.250. The number of likely N-dealkylation sites (N-methyl/N-ethyl adjacent to an activating group) is 1. The van der Waals surface area contributed by atoms with Gasteiger partial charge in [-0.05, 0) is 42.1 Å². The maximum Gasteiger partial charge on any atom is 0.321 e. The van der Waals surface area contributed by atoms with Crippen molar-refractivity contribution in [3.05, 3.63) is 102 Å². The van der Waals surface area contributed by atoms with Crippen LogP contribution in [-0.2, 0) is 22.4 Å². The highest BCUT2D eigenvalue weighted by molar-refractivity contribution is 6.01. The number of urea groups is 1. The molecule has 1 heterocycles. The predicted octanol–water partition coefficient (Wildman–Crippen LogP) is 5.33. The van der Waals surface area contributed by atoms with Crippen LogP contribution in [0.3, 0.4) is 0 Å². The van der Waals surface area contributed by atoms with E-state index in [9.17, 15) is 19.5 Å². The molecule has 3 N–H and O–H groups in total. The Kier molecular flexibility index (Phi) is 9.99. The van der Waals surface area contributed by atoms with Crippen LogP contribution in [0.2, 0.25) is 0 Å². The SMILES string of the molecule is C[C@H](CO)N1C[C@H](C)[C@H](CN(C)C(=O)Nc2cccc3ccccc23)Oc2ccc(NC(=O)Cc3ccccc3)cc2CC1=O. The van der Waals surface area contributed by atoms with Gasteiger partial charge in [-0.15, -0.1) is 0 Å². The summed E-state index contributed by atoms with van der Waals surface area (Å²) in [6, 6.07) is 27.7. The molecule has 0 saturated heterocycles. The van der Waals surface area contributed by atoms with Crippen LogP contribution in [0.15, 0.2) is 91.0 Å². The van der Waals surface area contributed by atoms with E-state index in [1.807, 2.05) is 86.6 Å². The molecule has 0 bridgehead atoms. The minimum Gasteiger partial charge on any atom is -0.488 e. The summed E-state index contributed by atoms with van der Waals surface area (Å²) < 4.78 is 6.56. The topological polar surface area (TPSA) is 111 Å². The lowest BCUT2D eigenvalue weighted by Gasteiger charge is -2.34. The van der Waals surface area contributed by atoms with Crippen molar-refractivity contribution in [1.29, 1.82) is 0 Å². The van der Waals surface area contributed by atoms with E-state index in [0.717, 1.165) is 16.3 Å². The van der Waals surface area contributed by atoms with Crippen molar-refractivity contribution >= 4 is 40.0 Å². The fraction of sp³-hybridized carbons (Fsp3) is 0.306. The lowest BCUT2D eigenvalue weighted by molar-refractivity contribution is -0.134. The number of hydrogen-bond donors (Lipinski definition) is 3. The lowest BCUT2D eigenvalue weighted by atomic mass is 10.0. The summed E-state index contributed by atoms with van der Waals surface area (Å²) in [4.78, 5) is 42.9. The summed E-state index contributed by atoms with van der Waals surface area (Å²) in [6.07, 6.45) is -0.203. The number of benzene rings is 4. The van der Waals surface area contributed by atoms with E-state index in [4.69, 9.17) is 4.74 Å². The first-order valence-corrected chi connectivity index (χ1v) is 15.3. The number of aliphatic hydroxyl groups is 1. The molecule has 45 heavy (non-hydrogen) atoms. The van der Waals surface area contributed by atoms with Crippen molar-refractivity contribution in [1.82, 2.24) is 9.80 Å². The van der Waals surface area contributed by atoms with Crippen LogP contribution in [0.25, 0.3) is 10.8 Å². The summed E-state index contributed by atoms with van der Waals surface area (Å²) in [7, 11) is 1.72. The molecule has 0 spiro atoms. The summed E-state index contributed by atoms with van der Waals surface area (Å²) >= 11 is 0. The number of aliphatic hydroxyl groups excluding tert-OH is 1. The van der Waals surface area contributed by atoms with Crippen molar-refractivity contribution in [3.8, 4) is 5.75 Å². The number of hydrogen-bond acceptors (Lipinski definition) is 5. The van der Waals surface area contributed by atoms with Crippen molar-refractivity contribution in [2.75, 3.05) is 37.4 Å². The van der Waals surface area contributed by atoms with Crippen LogP contribution in [0.5, 0.6) is 5.75 Å². The highest BCUT2D eigenvalue weighted by Gasteiger charge is 2.32. The molecule has 4 aromatic rings. The number of nitrogens with one attached hydrogen (secondary N) is 2. The van der Waals surface area contributed by atoms with E-state index in [1.165, 1.54) is 0 Å². The minimum absolute atomic E-state index is 0.0406. The lowest BCUT2D eigenvalue weighted by Crippen LogP contribution is -2.48. The molecule has 1 aliphatic heterocycles. The van der Waals surface area contributed by atoms with Gasteiger partial charge < -0.3 is 30.3 Å². The third-order valence-electron chi connectivity index (χ3n) is 8.24. The molecule has 0 radical (unpaired) electrons. The van der Waals surface area contributed by atoms with Gasteiger partial charge in [0.2, 0.25) is 11.8 Å². The average molecular weight is 609 g/mol. The number of rotatable bonds is 8. The summed E-state index contributed by atoms with van der Waals surface area (Å²) in [5.41, 5.74) is 2.79. The van der Waals surface area contributed by atoms with Crippen LogP contribution >= 0.6 is 0 Å².